The van der Waals surface area contributed by atoms with Gasteiger partial charge in [0.15, 0.2) is 5.65 Å². The second-order valence-electron chi connectivity index (χ2n) is 5.69. The lowest BCUT2D eigenvalue weighted by Crippen LogP contribution is -2.07. The van der Waals surface area contributed by atoms with Crippen LogP contribution in [0.3, 0.4) is 0 Å². The fourth-order valence-corrected chi connectivity index (χ4v) is 3.26. The van der Waals surface area contributed by atoms with Crippen LogP contribution in [0.2, 0.25) is 10.0 Å². The van der Waals surface area contributed by atoms with Crippen molar-refractivity contribution in [1.29, 1.82) is 0 Å². The molecule has 2 aromatic heterocycles. The molecule has 2 heterocycles. The predicted octanol–water partition coefficient (Wildman–Crippen LogP) is 5.39. The van der Waals surface area contributed by atoms with E-state index in [1.54, 1.807) is 16.6 Å². The number of nitrogens with one attached hydrogen (secondary N) is 1. The first-order valence-corrected chi connectivity index (χ1v) is 8.73. The Hall–Kier alpha value is -1.85. The summed E-state index contributed by atoms with van der Waals surface area (Å²) in [4.78, 5) is 9.06. The zero-order valence-electron chi connectivity index (χ0n) is 13.8. The fourth-order valence-electron chi connectivity index (χ4n) is 2.81. The molecule has 0 unspecified atom stereocenters. The summed E-state index contributed by atoms with van der Waals surface area (Å²) in [6, 6.07) is 5.29. The summed E-state index contributed by atoms with van der Waals surface area (Å²) in [6.07, 6.45) is 3.98. The van der Waals surface area contributed by atoms with Gasteiger partial charge in [0.25, 0.3) is 0 Å². The molecule has 24 heavy (non-hydrogen) atoms. The molecule has 7 heteroatoms. The predicted molar refractivity (Wildman–Crippen MR) is 98.6 cm³/mol. The summed E-state index contributed by atoms with van der Waals surface area (Å²) in [5.74, 6) is 1.70. The largest absolute Gasteiger partial charge is 0.323 e. The average Bonchev–Trinajstić information content (AvgIpc) is 2.95. The number of fused-ring (bicyclic) bond motifs is 1. The van der Waals surface area contributed by atoms with Gasteiger partial charge in [-0.3, -0.25) is 0 Å². The summed E-state index contributed by atoms with van der Waals surface area (Å²) in [6.45, 7) is 6.23. The van der Waals surface area contributed by atoms with E-state index in [0.29, 0.717) is 27.7 Å². The zero-order chi connectivity index (χ0) is 17.3. The third-order valence-corrected chi connectivity index (χ3v) is 4.66. The molecule has 5 nitrogen and oxygen atoms in total. The minimum absolute atomic E-state index is 0.434. The fraction of sp³-hybridized carbons (Fsp3) is 0.353. The Morgan fingerprint density at radius 3 is 2.58 bits per heavy atom. The molecule has 0 amide bonds. The third-order valence-electron chi connectivity index (χ3n) is 4.11. The normalized spacial score (nSPS) is 11.4. The Labute approximate surface area is 151 Å². The van der Waals surface area contributed by atoms with E-state index in [0.717, 1.165) is 29.7 Å². The van der Waals surface area contributed by atoms with Crippen LogP contribution < -0.4 is 5.32 Å². The summed E-state index contributed by atoms with van der Waals surface area (Å²) >= 11 is 12.2. The molecule has 0 saturated heterocycles. The number of hydrogen-bond acceptors (Lipinski definition) is 4. The summed E-state index contributed by atoms with van der Waals surface area (Å²) in [5.41, 5.74) is 2.71. The molecule has 1 N–H and O–H groups in total. The Kier molecular flexibility index (Phi) is 4.92. The molecule has 0 aliphatic carbocycles. The molecule has 126 valence electrons. The highest BCUT2D eigenvalue weighted by atomic mass is 35.5. The van der Waals surface area contributed by atoms with E-state index < -0.39 is 0 Å². The molecule has 0 radical (unpaired) electrons. The summed E-state index contributed by atoms with van der Waals surface area (Å²) in [7, 11) is 0. The van der Waals surface area contributed by atoms with Crippen LogP contribution >= 0.6 is 23.2 Å². The zero-order valence-corrected chi connectivity index (χ0v) is 15.4. The van der Waals surface area contributed by atoms with Crippen molar-refractivity contribution in [3.8, 4) is 0 Å². The number of aromatic nitrogens is 4. The topological polar surface area (TPSA) is 55.1 Å². The van der Waals surface area contributed by atoms with Gasteiger partial charge in [0.1, 0.15) is 5.82 Å². The molecule has 0 fully saturated rings. The lowest BCUT2D eigenvalue weighted by molar-refractivity contribution is 0.645. The van der Waals surface area contributed by atoms with Gasteiger partial charge in [-0.15, -0.1) is 0 Å². The first kappa shape index (κ1) is 17.0. The summed E-state index contributed by atoms with van der Waals surface area (Å²) in [5, 5.41) is 8.83. The van der Waals surface area contributed by atoms with E-state index in [4.69, 9.17) is 23.2 Å². The highest BCUT2D eigenvalue weighted by Gasteiger charge is 2.17. The number of aryl methyl sites for hydroxylation is 1. The van der Waals surface area contributed by atoms with E-state index in [9.17, 15) is 0 Å². The van der Waals surface area contributed by atoms with Gasteiger partial charge >= 0.3 is 0 Å². The van der Waals surface area contributed by atoms with Crippen molar-refractivity contribution < 1.29 is 0 Å². The maximum absolute atomic E-state index is 6.25. The maximum Gasteiger partial charge on any atom is 0.232 e. The molecular formula is C17H19Cl2N5. The number of anilines is 2. The second-order valence-corrected chi connectivity index (χ2v) is 6.54. The molecule has 0 saturated carbocycles. The molecule has 3 rings (SSSR count). The van der Waals surface area contributed by atoms with Crippen LogP contribution in [0.4, 0.5) is 11.6 Å². The molecule has 0 spiro atoms. The molecule has 0 bridgehead atoms. The average molecular weight is 364 g/mol. The Morgan fingerprint density at radius 2 is 1.92 bits per heavy atom. The Bertz CT molecular complexity index is 871. The third kappa shape index (κ3) is 3.19. The van der Waals surface area contributed by atoms with E-state index in [1.165, 1.54) is 0 Å². The van der Waals surface area contributed by atoms with Gasteiger partial charge in [0, 0.05) is 10.6 Å². The number of halogens is 2. The number of rotatable bonds is 5. The van der Waals surface area contributed by atoms with Gasteiger partial charge in [0.05, 0.1) is 16.9 Å². The monoisotopic (exact) mass is 363 g/mol. The number of benzene rings is 1. The van der Waals surface area contributed by atoms with E-state index in [1.807, 2.05) is 19.2 Å². The number of nitrogens with zero attached hydrogens (tertiary/aromatic N) is 4. The van der Waals surface area contributed by atoms with E-state index in [-0.39, 0.29) is 0 Å². The molecular weight excluding hydrogens is 345 g/mol. The lowest BCUT2D eigenvalue weighted by Gasteiger charge is -2.12. The highest BCUT2D eigenvalue weighted by molar-refractivity contribution is 6.36. The standard InChI is InChI=1S/C17H19Cl2N5/c1-4-11(5-2)13-9-20-24-16(13)21-10(3)22-17(24)23-15-7-6-12(18)8-14(15)19/h6-9,11H,4-5H2,1-3H3,(H,21,22,23). The van der Waals surface area contributed by atoms with Crippen molar-refractivity contribution in [2.24, 2.45) is 0 Å². The van der Waals surface area contributed by atoms with Gasteiger partial charge in [-0.2, -0.15) is 14.6 Å². The minimum Gasteiger partial charge on any atom is -0.323 e. The quantitative estimate of drug-likeness (QED) is 0.660. The van der Waals surface area contributed by atoms with Crippen LogP contribution in [-0.4, -0.2) is 19.6 Å². The molecule has 3 aromatic rings. The van der Waals surface area contributed by atoms with Gasteiger partial charge in [0.2, 0.25) is 5.95 Å². The van der Waals surface area contributed by atoms with Gasteiger partial charge in [-0.1, -0.05) is 37.0 Å². The van der Waals surface area contributed by atoms with Crippen molar-refractivity contribution in [1.82, 2.24) is 19.6 Å². The summed E-state index contributed by atoms with van der Waals surface area (Å²) < 4.78 is 1.73. The molecule has 1 aromatic carbocycles. The Morgan fingerprint density at radius 1 is 1.17 bits per heavy atom. The molecule has 0 aliphatic rings. The maximum atomic E-state index is 6.25. The number of hydrogen-bond donors (Lipinski definition) is 1. The van der Waals surface area contributed by atoms with Crippen molar-refractivity contribution >= 4 is 40.5 Å². The van der Waals surface area contributed by atoms with Crippen LogP contribution in [0.15, 0.2) is 24.4 Å². The van der Waals surface area contributed by atoms with Gasteiger partial charge in [-0.05, 0) is 43.9 Å². The van der Waals surface area contributed by atoms with Crippen molar-refractivity contribution in [2.75, 3.05) is 5.32 Å². The Balaban J connectivity index is 2.08. The second kappa shape index (κ2) is 6.95. The SMILES string of the molecule is CCC(CC)c1cnn2c(Nc3ccc(Cl)cc3Cl)nc(C)nc12. The lowest BCUT2D eigenvalue weighted by atomic mass is 9.96. The van der Waals surface area contributed by atoms with Crippen LogP contribution in [0.5, 0.6) is 0 Å². The van der Waals surface area contributed by atoms with Gasteiger partial charge in [-0.25, -0.2) is 4.98 Å². The van der Waals surface area contributed by atoms with E-state index in [2.05, 4.69) is 34.2 Å². The first-order chi connectivity index (χ1) is 11.5. The van der Waals surface area contributed by atoms with Crippen LogP contribution in [-0.2, 0) is 0 Å². The van der Waals surface area contributed by atoms with Crippen molar-refractivity contribution in [3.63, 3.8) is 0 Å². The van der Waals surface area contributed by atoms with Crippen LogP contribution in [0, 0.1) is 6.92 Å². The van der Waals surface area contributed by atoms with Gasteiger partial charge < -0.3 is 5.32 Å². The van der Waals surface area contributed by atoms with E-state index >= 15 is 0 Å². The molecule has 0 aliphatic heterocycles. The van der Waals surface area contributed by atoms with Crippen LogP contribution in [0.1, 0.15) is 44.0 Å². The molecule has 0 atom stereocenters. The van der Waals surface area contributed by atoms with Crippen molar-refractivity contribution in [2.45, 2.75) is 39.5 Å². The van der Waals surface area contributed by atoms with Crippen LogP contribution in [0.25, 0.3) is 5.65 Å². The smallest absolute Gasteiger partial charge is 0.232 e. The van der Waals surface area contributed by atoms with Crippen molar-refractivity contribution in [3.05, 3.63) is 45.8 Å². The first-order valence-electron chi connectivity index (χ1n) is 7.97. The highest BCUT2D eigenvalue weighted by Crippen LogP contribution is 2.30. The minimum atomic E-state index is 0.434.